The van der Waals surface area contributed by atoms with E-state index in [1.54, 1.807) is 6.20 Å². The summed E-state index contributed by atoms with van der Waals surface area (Å²) in [5, 5.41) is 7.53. The number of aromatic nitrogens is 3. The van der Waals surface area contributed by atoms with E-state index in [4.69, 9.17) is 4.52 Å². The topological polar surface area (TPSA) is 63.8 Å². The molecule has 2 aromatic heterocycles. The van der Waals surface area contributed by atoms with Crippen LogP contribution in [0, 0.1) is 0 Å². The summed E-state index contributed by atoms with van der Waals surface area (Å²) in [6, 6.07) is 1.92. The van der Waals surface area contributed by atoms with Crippen LogP contribution in [0.25, 0.3) is 11.5 Å². The minimum atomic E-state index is -0.231. The van der Waals surface area contributed by atoms with E-state index in [1.165, 1.54) is 12.8 Å². The molecule has 0 spiro atoms. The smallest absolute Gasteiger partial charge is 0.247 e. The lowest BCUT2D eigenvalue weighted by atomic mass is 9.91. The second-order valence-corrected chi connectivity index (χ2v) is 6.89. The van der Waals surface area contributed by atoms with Gasteiger partial charge in [-0.15, -0.1) is 0 Å². The Morgan fingerprint density at radius 2 is 2.20 bits per heavy atom. The summed E-state index contributed by atoms with van der Waals surface area (Å²) in [5.74, 6) is 1.14. The van der Waals surface area contributed by atoms with Crippen molar-refractivity contribution in [1.82, 2.24) is 20.4 Å². The molecule has 0 radical (unpaired) electrons. The molecule has 0 aliphatic carbocycles. The molecule has 1 aliphatic rings. The van der Waals surface area contributed by atoms with Gasteiger partial charge in [-0.1, -0.05) is 5.16 Å². The average molecular weight is 402 g/mol. The summed E-state index contributed by atoms with van der Waals surface area (Å²) in [6.07, 6.45) is 5.08. The summed E-state index contributed by atoms with van der Waals surface area (Å²) < 4.78 is 7.19. The first-order valence-corrected chi connectivity index (χ1v) is 8.08. The highest BCUT2D eigenvalue weighted by molar-refractivity contribution is 9.11. The summed E-state index contributed by atoms with van der Waals surface area (Å²) in [7, 11) is 0. The van der Waals surface area contributed by atoms with Crippen molar-refractivity contribution in [1.29, 1.82) is 0 Å². The van der Waals surface area contributed by atoms with Gasteiger partial charge in [-0.05, 0) is 70.7 Å². The number of rotatable bonds is 2. The normalized spacial score (nSPS) is 22.9. The maximum Gasteiger partial charge on any atom is 0.247 e. The van der Waals surface area contributed by atoms with Crippen LogP contribution in [0.1, 0.15) is 32.1 Å². The monoisotopic (exact) mass is 400 g/mol. The van der Waals surface area contributed by atoms with Crippen molar-refractivity contribution < 1.29 is 4.52 Å². The van der Waals surface area contributed by atoms with Gasteiger partial charge in [0, 0.05) is 15.1 Å². The predicted octanol–water partition coefficient (Wildman–Crippen LogP) is 3.65. The van der Waals surface area contributed by atoms with Crippen LogP contribution in [-0.2, 0) is 5.54 Å². The highest BCUT2D eigenvalue weighted by Gasteiger charge is 2.34. The van der Waals surface area contributed by atoms with Crippen LogP contribution in [0.2, 0.25) is 0 Å². The molecule has 0 aromatic carbocycles. The fourth-order valence-electron chi connectivity index (χ4n) is 2.36. The molecule has 3 rings (SSSR count). The highest BCUT2D eigenvalue weighted by atomic mass is 79.9. The van der Waals surface area contributed by atoms with Crippen LogP contribution in [0.5, 0.6) is 0 Å². The Kier molecular flexibility index (Phi) is 3.92. The van der Waals surface area contributed by atoms with Crippen LogP contribution in [0.15, 0.2) is 25.7 Å². The summed E-state index contributed by atoms with van der Waals surface area (Å²) >= 11 is 6.85. The van der Waals surface area contributed by atoms with Gasteiger partial charge in [0.15, 0.2) is 0 Å². The average Bonchev–Trinajstić information content (AvgIpc) is 2.90. The van der Waals surface area contributed by atoms with E-state index in [2.05, 4.69) is 59.2 Å². The molecule has 1 unspecified atom stereocenters. The van der Waals surface area contributed by atoms with E-state index in [-0.39, 0.29) is 5.54 Å². The third kappa shape index (κ3) is 2.66. The number of nitrogens with one attached hydrogen (secondary N) is 1. The van der Waals surface area contributed by atoms with Gasteiger partial charge < -0.3 is 9.84 Å². The van der Waals surface area contributed by atoms with E-state index in [0.717, 1.165) is 21.9 Å². The lowest BCUT2D eigenvalue weighted by Gasteiger charge is -2.31. The Bertz CT molecular complexity index is 623. The molecule has 0 saturated carbocycles. The Hall–Kier alpha value is -0.790. The Morgan fingerprint density at radius 1 is 1.35 bits per heavy atom. The molecule has 7 heteroatoms. The fourth-order valence-corrected chi connectivity index (χ4v) is 3.53. The van der Waals surface area contributed by atoms with Gasteiger partial charge in [0.05, 0.1) is 5.54 Å². The molecule has 0 amide bonds. The van der Waals surface area contributed by atoms with Gasteiger partial charge in [0.2, 0.25) is 11.7 Å². The van der Waals surface area contributed by atoms with Crippen molar-refractivity contribution in [2.45, 2.75) is 31.7 Å². The van der Waals surface area contributed by atoms with E-state index < -0.39 is 0 Å². The lowest BCUT2D eigenvalue weighted by molar-refractivity contribution is 0.207. The maximum atomic E-state index is 5.45. The molecule has 2 aromatic rings. The van der Waals surface area contributed by atoms with Crippen molar-refractivity contribution in [2.24, 2.45) is 0 Å². The first-order valence-electron chi connectivity index (χ1n) is 6.49. The Labute approximate surface area is 133 Å². The van der Waals surface area contributed by atoms with E-state index >= 15 is 0 Å². The van der Waals surface area contributed by atoms with Crippen LogP contribution < -0.4 is 5.32 Å². The van der Waals surface area contributed by atoms with Crippen LogP contribution >= 0.6 is 31.9 Å². The van der Waals surface area contributed by atoms with Crippen molar-refractivity contribution >= 4 is 31.9 Å². The molecular formula is C13H14Br2N4O. The van der Waals surface area contributed by atoms with E-state index in [0.29, 0.717) is 17.4 Å². The molecule has 20 heavy (non-hydrogen) atoms. The second kappa shape index (κ2) is 5.54. The first-order chi connectivity index (χ1) is 9.58. The van der Waals surface area contributed by atoms with Crippen molar-refractivity contribution in [3.05, 3.63) is 27.1 Å². The molecule has 1 aliphatic heterocycles. The van der Waals surface area contributed by atoms with Gasteiger partial charge in [-0.3, -0.25) is 4.98 Å². The number of hydrogen-bond donors (Lipinski definition) is 1. The minimum Gasteiger partial charge on any atom is -0.337 e. The molecule has 5 nitrogen and oxygen atoms in total. The number of pyridine rings is 1. The molecule has 1 saturated heterocycles. The van der Waals surface area contributed by atoms with Crippen LogP contribution in [0.3, 0.4) is 0 Å². The van der Waals surface area contributed by atoms with Crippen molar-refractivity contribution in [3.63, 3.8) is 0 Å². The van der Waals surface area contributed by atoms with Gasteiger partial charge in [-0.2, -0.15) is 4.98 Å². The van der Waals surface area contributed by atoms with Gasteiger partial charge >= 0.3 is 0 Å². The minimum absolute atomic E-state index is 0.231. The van der Waals surface area contributed by atoms with E-state index in [1.807, 2.05) is 6.07 Å². The summed E-state index contributed by atoms with van der Waals surface area (Å²) in [5.41, 5.74) is 0.452. The zero-order chi connectivity index (χ0) is 14.2. The van der Waals surface area contributed by atoms with Crippen molar-refractivity contribution in [2.75, 3.05) is 6.54 Å². The van der Waals surface area contributed by atoms with Gasteiger partial charge in [-0.25, -0.2) is 0 Å². The quantitative estimate of drug-likeness (QED) is 0.831. The number of piperidine rings is 1. The molecule has 1 N–H and O–H groups in total. The number of halogens is 2. The number of hydrogen-bond acceptors (Lipinski definition) is 5. The van der Waals surface area contributed by atoms with Gasteiger partial charge in [0.1, 0.15) is 5.69 Å². The fraction of sp³-hybridized carbons (Fsp3) is 0.462. The van der Waals surface area contributed by atoms with Crippen LogP contribution in [-0.4, -0.2) is 21.7 Å². The highest BCUT2D eigenvalue weighted by Crippen LogP contribution is 2.31. The third-order valence-corrected chi connectivity index (χ3v) is 4.57. The largest absolute Gasteiger partial charge is 0.337 e. The molecule has 106 valence electrons. The molecule has 1 atom stereocenters. The standard InChI is InChI=1S/C13H14Br2N4O/c1-13(4-2-3-5-17-13)12-18-11(19-20-12)10-9(15)6-8(14)7-16-10/h6-7,17H,2-5H2,1H3. The Balaban J connectivity index is 1.93. The predicted molar refractivity (Wildman–Crippen MR) is 82.1 cm³/mol. The molecule has 0 bridgehead atoms. The van der Waals surface area contributed by atoms with Crippen molar-refractivity contribution in [3.8, 4) is 11.5 Å². The van der Waals surface area contributed by atoms with E-state index in [9.17, 15) is 0 Å². The molecule has 3 heterocycles. The van der Waals surface area contributed by atoms with Crippen LogP contribution in [0.4, 0.5) is 0 Å². The summed E-state index contributed by atoms with van der Waals surface area (Å²) in [6.45, 7) is 3.09. The Morgan fingerprint density at radius 3 is 2.90 bits per heavy atom. The molecule has 1 fully saturated rings. The number of nitrogens with zero attached hydrogens (tertiary/aromatic N) is 3. The maximum absolute atomic E-state index is 5.45. The third-order valence-electron chi connectivity index (χ3n) is 3.54. The zero-order valence-electron chi connectivity index (χ0n) is 11.0. The van der Waals surface area contributed by atoms with Gasteiger partial charge in [0.25, 0.3) is 0 Å². The summed E-state index contributed by atoms with van der Waals surface area (Å²) in [4.78, 5) is 8.85. The SMILES string of the molecule is CC1(c2nc(-c3ncc(Br)cc3Br)no2)CCCCN1. The zero-order valence-corrected chi connectivity index (χ0v) is 14.2. The second-order valence-electron chi connectivity index (χ2n) is 5.12. The first kappa shape index (κ1) is 14.2. The lowest BCUT2D eigenvalue weighted by Crippen LogP contribution is -2.43. The molecular weight excluding hydrogens is 388 g/mol.